The van der Waals surface area contributed by atoms with E-state index in [1.165, 1.54) is 35.6 Å². The second-order valence-electron chi connectivity index (χ2n) is 6.34. The van der Waals surface area contributed by atoms with Crippen LogP contribution in [0.25, 0.3) is 10.1 Å². The lowest BCUT2D eigenvalue weighted by molar-refractivity contribution is -0.268. The number of alkyl halides is 3. The van der Waals surface area contributed by atoms with E-state index in [1.54, 1.807) is 0 Å². The Morgan fingerprint density at radius 3 is 2.56 bits per heavy atom. The van der Waals surface area contributed by atoms with Crippen molar-refractivity contribution in [3.63, 3.8) is 0 Å². The number of aliphatic hydroxyl groups is 1. The fourth-order valence-electron chi connectivity index (χ4n) is 2.69. The normalized spacial score (nSPS) is 14.3. The molecule has 1 atom stereocenters. The lowest BCUT2D eigenvalue weighted by Crippen LogP contribution is -2.46. The van der Waals surface area contributed by atoms with Crippen LogP contribution in [-0.4, -0.2) is 34.1 Å². The molecule has 0 fully saturated rings. The Labute approximate surface area is 161 Å². The predicted octanol–water partition coefficient (Wildman–Crippen LogP) is 4.46. The Balaban J connectivity index is 1.81. The summed E-state index contributed by atoms with van der Waals surface area (Å²) in [5, 5.41) is 14.1. The van der Waals surface area contributed by atoms with Crippen LogP contribution >= 0.6 is 22.7 Å². The zero-order chi connectivity index (χ0) is 19.8. The number of benzene rings is 1. The number of carbonyl (C=O) groups excluding carboxylic acids is 1. The molecule has 2 heterocycles. The highest BCUT2D eigenvalue weighted by Gasteiger charge is 2.58. The van der Waals surface area contributed by atoms with E-state index in [4.69, 9.17) is 0 Å². The molecule has 0 aliphatic rings. The van der Waals surface area contributed by atoms with Crippen molar-refractivity contribution in [2.75, 3.05) is 7.05 Å². The minimum atomic E-state index is -5.01. The van der Waals surface area contributed by atoms with Crippen molar-refractivity contribution in [1.29, 1.82) is 0 Å². The van der Waals surface area contributed by atoms with Gasteiger partial charge >= 0.3 is 6.18 Å². The average molecular weight is 414 g/mol. The van der Waals surface area contributed by atoms with Crippen molar-refractivity contribution >= 4 is 38.7 Å². The number of aryl methyl sites for hydroxylation is 1. The summed E-state index contributed by atoms with van der Waals surface area (Å²) >= 11 is 2.20. The van der Waals surface area contributed by atoms with Crippen molar-refractivity contribution in [3.05, 3.63) is 51.3 Å². The molecule has 0 radical (unpaired) electrons. The summed E-state index contributed by atoms with van der Waals surface area (Å²) in [5.41, 5.74) is -2.08. The summed E-state index contributed by atoms with van der Waals surface area (Å²) in [6.07, 6.45) is -6.12. The van der Waals surface area contributed by atoms with Crippen LogP contribution in [0.15, 0.2) is 35.0 Å². The lowest BCUT2D eigenvalue weighted by Gasteiger charge is -2.29. The molecule has 0 saturated heterocycles. The summed E-state index contributed by atoms with van der Waals surface area (Å²) < 4.78 is 41.7. The number of thiazole rings is 1. The summed E-state index contributed by atoms with van der Waals surface area (Å²) in [5.74, 6) is -0.807. The minimum absolute atomic E-state index is 0.160. The van der Waals surface area contributed by atoms with Gasteiger partial charge in [0, 0.05) is 29.4 Å². The summed E-state index contributed by atoms with van der Waals surface area (Å²) in [6, 6.07) is 7.62. The molecule has 9 heteroatoms. The highest BCUT2D eigenvalue weighted by Crippen LogP contribution is 2.43. The van der Waals surface area contributed by atoms with Gasteiger partial charge in [0.05, 0.1) is 6.42 Å². The van der Waals surface area contributed by atoms with Crippen LogP contribution in [0.3, 0.4) is 0 Å². The molecule has 0 saturated carbocycles. The topological polar surface area (TPSA) is 53.4 Å². The summed E-state index contributed by atoms with van der Waals surface area (Å²) in [6.45, 7) is 1.69. The fraction of sp³-hybridized carbons (Fsp3) is 0.333. The third-order valence-electron chi connectivity index (χ3n) is 4.24. The molecular weight excluding hydrogens is 397 g/mol. The SMILES string of the molecule is Cc1csc([C@@](O)(CC(=O)N(C)Cc2csc3ccccc23)C(F)(F)F)n1. The lowest BCUT2D eigenvalue weighted by atomic mass is 9.98. The molecule has 0 unspecified atom stereocenters. The largest absolute Gasteiger partial charge is 0.424 e. The van der Waals surface area contributed by atoms with Gasteiger partial charge in [0.25, 0.3) is 0 Å². The third kappa shape index (κ3) is 3.85. The van der Waals surface area contributed by atoms with Crippen LogP contribution in [-0.2, 0) is 16.9 Å². The van der Waals surface area contributed by atoms with Crippen molar-refractivity contribution in [3.8, 4) is 0 Å². The number of fused-ring (bicyclic) bond motifs is 1. The first-order chi connectivity index (χ1) is 12.6. The van der Waals surface area contributed by atoms with E-state index in [1.807, 2.05) is 29.6 Å². The van der Waals surface area contributed by atoms with Gasteiger partial charge in [-0.3, -0.25) is 4.79 Å². The Hall–Kier alpha value is -1.97. The molecule has 3 aromatic rings. The van der Waals surface area contributed by atoms with Crippen LogP contribution in [0.5, 0.6) is 0 Å². The standard InChI is InChI=1S/C18H17F3N2O2S2/c1-11-9-27-16(22-11)17(25,18(19,20)21)7-15(24)23(2)8-12-10-26-14-6-4-3-5-13(12)14/h3-6,9-10,25H,7-8H2,1-2H3/t17-/m0/s1. The predicted molar refractivity (Wildman–Crippen MR) is 99.7 cm³/mol. The highest BCUT2D eigenvalue weighted by atomic mass is 32.1. The molecule has 1 amide bonds. The Bertz CT molecular complexity index is 967. The summed E-state index contributed by atoms with van der Waals surface area (Å²) in [7, 11) is 1.43. The van der Waals surface area contributed by atoms with E-state index in [9.17, 15) is 23.1 Å². The van der Waals surface area contributed by atoms with E-state index < -0.39 is 29.1 Å². The Morgan fingerprint density at radius 2 is 1.93 bits per heavy atom. The molecule has 144 valence electrons. The number of amides is 1. The molecular formula is C18H17F3N2O2S2. The zero-order valence-corrected chi connectivity index (χ0v) is 16.2. The minimum Gasteiger partial charge on any atom is -0.374 e. The van der Waals surface area contributed by atoms with Gasteiger partial charge in [-0.05, 0) is 29.3 Å². The van der Waals surface area contributed by atoms with Crippen LogP contribution in [0.1, 0.15) is 22.7 Å². The molecule has 1 N–H and O–H groups in total. The molecule has 27 heavy (non-hydrogen) atoms. The molecule has 4 nitrogen and oxygen atoms in total. The molecule has 3 rings (SSSR count). The molecule has 2 aromatic heterocycles. The number of thiophene rings is 1. The monoisotopic (exact) mass is 414 g/mol. The first-order valence-corrected chi connectivity index (χ1v) is 9.78. The molecule has 0 spiro atoms. The highest BCUT2D eigenvalue weighted by molar-refractivity contribution is 7.17. The number of halogens is 3. The number of aromatic nitrogens is 1. The quantitative estimate of drug-likeness (QED) is 0.671. The van der Waals surface area contributed by atoms with E-state index in [0.29, 0.717) is 17.0 Å². The maximum atomic E-state index is 13.6. The van der Waals surface area contributed by atoms with Gasteiger partial charge in [0.15, 0.2) is 0 Å². The second-order valence-corrected chi connectivity index (χ2v) is 8.11. The number of rotatable bonds is 5. The van der Waals surface area contributed by atoms with Gasteiger partial charge in [-0.1, -0.05) is 18.2 Å². The Morgan fingerprint density at radius 1 is 1.22 bits per heavy atom. The number of hydrogen-bond donors (Lipinski definition) is 1. The van der Waals surface area contributed by atoms with Crippen LogP contribution in [0, 0.1) is 6.92 Å². The number of hydrogen-bond acceptors (Lipinski definition) is 5. The number of carbonyl (C=O) groups is 1. The van der Waals surface area contributed by atoms with Crippen LogP contribution in [0.2, 0.25) is 0 Å². The zero-order valence-electron chi connectivity index (χ0n) is 14.6. The fourth-order valence-corrected chi connectivity index (χ4v) is 4.56. The number of nitrogens with zero attached hydrogens (tertiary/aromatic N) is 2. The van der Waals surface area contributed by atoms with Gasteiger partial charge in [-0.2, -0.15) is 13.2 Å². The van der Waals surface area contributed by atoms with Gasteiger partial charge in [0.1, 0.15) is 5.01 Å². The van der Waals surface area contributed by atoms with Crippen LogP contribution in [0.4, 0.5) is 13.2 Å². The van der Waals surface area contributed by atoms with Gasteiger partial charge in [-0.25, -0.2) is 4.98 Å². The third-order valence-corrected chi connectivity index (χ3v) is 6.37. The first-order valence-electron chi connectivity index (χ1n) is 8.02. The molecule has 1 aromatic carbocycles. The second kappa shape index (κ2) is 7.21. The van der Waals surface area contributed by atoms with Crippen molar-refractivity contribution in [2.45, 2.75) is 31.7 Å². The Kier molecular flexibility index (Phi) is 5.29. The van der Waals surface area contributed by atoms with E-state index in [-0.39, 0.29) is 6.54 Å². The van der Waals surface area contributed by atoms with Crippen LogP contribution < -0.4 is 0 Å². The smallest absolute Gasteiger partial charge is 0.374 e. The summed E-state index contributed by atoms with van der Waals surface area (Å²) in [4.78, 5) is 17.5. The van der Waals surface area contributed by atoms with Gasteiger partial charge in [-0.15, -0.1) is 22.7 Å². The van der Waals surface area contributed by atoms with E-state index in [2.05, 4.69) is 4.98 Å². The van der Waals surface area contributed by atoms with E-state index in [0.717, 1.165) is 15.6 Å². The average Bonchev–Trinajstić information content (AvgIpc) is 3.21. The van der Waals surface area contributed by atoms with Gasteiger partial charge < -0.3 is 10.0 Å². The molecule has 0 aliphatic heterocycles. The maximum Gasteiger partial charge on any atom is 0.424 e. The van der Waals surface area contributed by atoms with Gasteiger partial charge in [0.2, 0.25) is 11.5 Å². The maximum absolute atomic E-state index is 13.6. The van der Waals surface area contributed by atoms with Crippen molar-refractivity contribution in [2.24, 2.45) is 0 Å². The first kappa shape index (κ1) is 19.8. The molecule has 0 aliphatic carbocycles. The van der Waals surface area contributed by atoms with E-state index >= 15 is 0 Å². The van der Waals surface area contributed by atoms with Crippen molar-refractivity contribution < 1.29 is 23.1 Å². The molecule has 0 bridgehead atoms. The van der Waals surface area contributed by atoms with Crippen molar-refractivity contribution in [1.82, 2.24) is 9.88 Å².